The Morgan fingerprint density at radius 1 is 1.19 bits per heavy atom. The van der Waals surface area contributed by atoms with Crippen LogP contribution in [0.1, 0.15) is 0 Å². The van der Waals surface area contributed by atoms with E-state index in [4.69, 9.17) is 22.1 Å². The van der Waals surface area contributed by atoms with Gasteiger partial charge >= 0.3 is 0 Å². The molecule has 2 aromatic heterocycles. The van der Waals surface area contributed by atoms with Gasteiger partial charge in [0.15, 0.2) is 5.65 Å². The average Bonchev–Trinajstić information content (AvgIpc) is 2.87. The number of anilines is 2. The molecule has 7 heteroatoms. The second-order valence-corrected chi connectivity index (χ2v) is 4.87. The molecule has 0 aliphatic rings. The zero-order valence-corrected chi connectivity index (χ0v) is 11.9. The van der Waals surface area contributed by atoms with Crippen LogP contribution in [0, 0.1) is 0 Å². The third-order valence-corrected chi connectivity index (χ3v) is 3.05. The van der Waals surface area contributed by atoms with Gasteiger partial charge in [-0.25, -0.2) is 4.52 Å². The Morgan fingerprint density at radius 3 is 2.81 bits per heavy atom. The van der Waals surface area contributed by atoms with Gasteiger partial charge in [-0.05, 0) is 36.4 Å². The van der Waals surface area contributed by atoms with Crippen LogP contribution in [0.5, 0.6) is 5.75 Å². The number of fused-ring (bicyclic) bond motifs is 1. The van der Waals surface area contributed by atoms with Gasteiger partial charge in [-0.1, -0.05) is 11.6 Å². The molecule has 0 aliphatic heterocycles. The van der Waals surface area contributed by atoms with E-state index in [0.29, 0.717) is 29.8 Å². The summed E-state index contributed by atoms with van der Waals surface area (Å²) < 4.78 is 7.20. The molecule has 108 valence electrons. The molecule has 0 bridgehead atoms. The summed E-state index contributed by atoms with van der Waals surface area (Å²) in [7, 11) is 0. The molecule has 2 heterocycles. The maximum Gasteiger partial charge on any atom is 0.243 e. The third kappa shape index (κ3) is 3.35. The van der Waals surface area contributed by atoms with Gasteiger partial charge in [0.25, 0.3) is 0 Å². The molecule has 3 N–H and O–H groups in total. The smallest absolute Gasteiger partial charge is 0.243 e. The second-order valence-electron chi connectivity index (χ2n) is 4.43. The molecule has 0 saturated heterocycles. The number of halogens is 1. The predicted octanol–water partition coefficient (Wildman–Crippen LogP) is 2.46. The number of pyridine rings is 1. The van der Waals surface area contributed by atoms with Crippen molar-refractivity contribution < 1.29 is 4.74 Å². The first kappa shape index (κ1) is 13.5. The van der Waals surface area contributed by atoms with Crippen molar-refractivity contribution in [3.05, 3.63) is 47.6 Å². The van der Waals surface area contributed by atoms with E-state index in [1.54, 1.807) is 28.9 Å². The molecule has 0 unspecified atom stereocenters. The highest BCUT2D eigenvalue weighted by Gasteiger charge is 2.03. The van der Waals surface area contributed by atoms with Crippen molar-refractivity contribution >= 4 is 28.9 Å². The number of nitrogens with one attached hydrogen (secondary N) is 1. The number of rotatable bonds is 5. The van der Waals surface area contributed by atoms with E-state index in [9.17, 15) is 0 Å². The minimum atomic E-state index is 0.500. The number of benzene rings is 1. The molecule has 0 aliphatic carbocycles. The van der Waals surface area contributed by atoms with Gasteiger partial charge in [-0.3, -0.25) is 0 Å². The summed E-state index contributed by atoms with van der Waals surface area (Å²) in [6.07, 6.45) is 1.71. The van der Waals surface area contributed by atoms with E-state index in [1.807, 2.05) is 18.2 Å². The van der Waals surface area contributed by atoms with Gasteiger partial charge in [0, 0.05) is 11.9 Å². The van der Waals surface area contributed by atoms with Crippen LogP contribution in [0.15, 0.2) is 42.6 Å². The lowest BCUT2D eigenvalue weighted by molar-refractivity contribution is 0.332. The van der Waals surface area contributed by atoms with Crippen molar-refractivity contribution in [2.75, 3.05) is 24.2 Å². The number of nitrogens with two attached hydrogens (primary N) is 1. The van der Waals surface area contributed by atoms with Gasteiger partial charge < -0.3 is 15.8 Å². The monoisotopic (exact) mass is 303 g/mol. The van der Waals surface area contributed by atoms with Gasteiger partial charge in [-0.15, -0.1) is 5.10 Å². The Bertz CT molecular complexity index is 741. The van der Waals surface area contributed by atoms with Gasteiger partial charge in [0.2, 0.25) is 5.95 Å². The number of hydrogen-bond donors (Lipinski definition) is 2. The fourth-order valence-electron chi connectivity index (χ4n) is 1.83. The molecule has 21 heavy (non-hydrogen) atoms. The fraction of sp³-hybridized carbons (Fsp3) is 0.143. The molecule has 6 nitrogen and oxygen atoms in total. The van der Waals surface area contributed by atoms with Crippen LogP contribution in [0.4, 0.5) is 11.6 Å². The summed E-state index contributed by atoms with van der Waals surface area (Å²) in [6.45, 7) is 1.09. The SMILES string of the molecule is Nc1ccc(OCCNc2nc3ccc(Cl)cn3n2)cc1. The summed E-state index contributed by atoms with van der Waals surface area (Å²) in [5, 5.41) is 7.98. The molecule has 1 aromatic carbocycles. The Balaban J connectivity index is 1.53. The lowest BCUT2D eigenvalue weighted by Crippen LogP contribution is -2.12. The van der Waals surface area contributed by atoms with Crippen molar-refractivity contribution in [1.82, 2.24) is 14.6 Å². The summed E-state index contributed by atoms with van der Waals surface area (Å²) >= 11 is 5.90. The standard InChI is InChI=1S/C14H14ClN5O/c15-10-1-6-13-18-14(19-20(13)9-10)17-7-8-21-12-4-2-11(16)3-5-12/h1-6,9H,7-8,16H2,(H,17,19). The highest BCUT2D eigenvalue weighted by molar-refractivity contribution is 6.30. The van der Waals surface area contributed by atoms with Crippen molar-refractivity contribution in [3.8, 4) is 5.75 Å². The molecular formula is C14H14ClN5O. The van der Waals surface area contributed by atoms with Crippen LogP contribution >= 0.6 is 11.6 Å². The lowest BCUT2D eigenvalue weighted by Gasteiger charge is -2.06. The summed E-state index contributed by atoms with van der Waals surface area (Å²) in [6, 6.07) is 10.9. The Labute approximate surface area is 126 Å². The van der Waals surface area contributed by atoms with E-state index in [-0.39, 0.29) is 0 Å². The summed E-state index contributed by atoms with van der Waals surface area (Å²) in [4.78, 5) is 4.32. The van der Waals surface area contributed by atoms with Crippen LogP contribution in [-0.2, 0) is 0 Å². The molecule has 3 rings (SSSR count). The third-order valence-electron chi connectivity index (χ3n) is 2.83. The van der Waals surface area contributed by atoms with E-state index in [1.165, 1.54) is 0 Å². The van der Waals surface area contributed by atoms with Crippen molar-refractivity contribution in [3.63, 3.8) is 0 Å². The molecule has 0 amide bonds. The molecule has 0 radical (unpaired) electrons. The number of nitrogens with zero attached hydrogens (tertiary/aromatic N) is 3. The van der Waals surface area contributed by atoms with E-state index < -0.39 is 0 Å². The number of hydrogen-bond acceptors (Lipinski definition) is 5. The van der Waals surface area contributed by atoms with Crippen molar-refractivity contribution in [2.24, 2.45) is 0 Å². The zero-order valence-electron chi connectivity index (χ0n) is 11.2. The molecule has 0 atom stereocenters. The Hall–Kier alpha value is -2.47. The van der Waals surface area contributed by atoms with Crippen LogP contribution in [0.3, 0.4) is 0 Å². The summed E-state index contributed by atoms with van der Waals surface area (Å²) in [5.41, 5.74) is 7.06. The molecular weight excluding hydrogens is 290 g/mol. The molecule has 3 aromatic rings. The van der Waals surface area contributed by atoms with Gasteiger partial charge in [0.05, 0.1) is 11.6 Å². The first-order valence-electron chi connectivity index (χ1n) is 6.45. The average molecular weight is 304 g/mol. The summed E-state index contributed by atoms with van der Waals surface area (Å²) in [5.74, 6) is 1.32. The van der Waals surface area contributed by atoms with E-state index in [0.717, 1.165) is 11.4 Å². The lowest BCUT2D eigenvalue weighted by atomic mass is 10.3. The Morgan fingerprint density at radius 2 is 2.00 bits per heavy atom. The van der Waals surface area contributed by atoms with E-state index >= 15 is 0 Å². The Kier molecular flexibility index (Phi) is 3.79. The maximum atomic E-state index is 5.90. The predicted molar refractivity (Wildman–Crippen MR) is 82.8 cm³/mol. The second kappa shape index (κ2) is 5.88. The van der Waals surface area contributed by atoms with Crippen LogP contribution < -0.4 is 15.8 Å². The van der Waals surface area contributed by atoms with Crippen LogP contribution in [0.25, 0.3) is 5.65 Å². The van der Waals surface area contributed by atoms with Gasteiger partial charge in [-0.2, -0.15) is 4.98 Å². The van der Waals surface area contributed by atoms with Crippen LogP contribution in [-0.4, -0.2) is 27.7 Å². The number of aromatic nitrogens is 3. The highest BCUT2D eigenvalue weighted by Crippen LogP contribution is 2.13. The minimum Gasteiger partial charge on any atom is -0.492 e. The van der Waals surface area contributed by atoms with Crippen molar-refractivity contribution in [1.29, 1.82) is 0 Å². The highest BCUT2D eigenvalue weighted by atomic mass is 35.5. The molecule has 0 saturated carbocycles. The zero-order chi connectivity index (χ0) is 14.7. The van der Waals surface area contributed by atoms with Crippen LogP contribution in [0.2, 0.25) is 5.02 Å². The van der Waals surface area contributed by atoms with Crippen molar-refractivity contribution in [2.45, 2.75) is 0 Å². The molecule has 0 spiro atoms. The largest absolute Gasteiger partial charge is 0.492 e. The minimum absolute atomic E-state index is 0.500. The number of ether oxygens (including phenoxy) is 1. The quantitative estimate of drug-likeness (QED) is 0.559. The van der Waals surface area contributed by atoms with E-state index in [2.05, 4.69) is 15.4 Å². The fourth-order valence-corrected chi connectivity index (χ4v) is 1.98. The maximum absolute atomic E-state index is 5.90. The topological polar surface area (TPSA) is 77.5 Å². The first-order chi connectivity index (χ1) is 10.2. The van der Waals surface area contributed by atoms with Gasteiger partial charge in [0.1, 0.15) is 12.4 Å². The normalized spacial score (nSPS) is 10.7. The molecule has 0 fully saturated rings. The number of nitrogen functional groups attached to an aromatic ring is 1. The first-order valence-corrected chi connectivity index (χ1v) is 6.83.